The Morgan fingerprint density at radius 3 is 1.30 bits per heavy atom. The highest BCUT2D eigenvalue weighted by Gasteiger charge is 2.31. The van der Waals surface area contributed by atoms with Crippen molar-refractivity contribution in [2.75, 3.05) is 0 Å². The smallest absolute Gasteiger partial charge is 0.112 e. The largest absolute Gasteiger partial charge is 0.387 e. The van der Waals surface area contributed by atoms with E-state index >= 15 is 0 Å². The van der Waals surface area contributed by atoms with Gasteiger partial charge in [-0.2, -0.15) is 0 Å². The lowest BCUT2D eigenvalue weighted by molar-refractivity contribution is -0.0884. The third kappa shape index (κ3) is 1.19. The maximum atomic E-state index is 8.91. The molecule has 0 aromatic heterocycles. The van der Waals surface area contributed by atoms with Gasteiger partial charge in [-0.05, 0) is 0 Å². The van der Waals surface area contributed by atoms with Gasteiger partial charge in [-0.15, -0.1) is 0 Å². The van der Waals surface area contributed by atoms with Crippen LogP contribution in [0.4, 0.5) is 0 Å². The summed E-state index contributed by atoms with van der Waals surface area (Å²) in [6, 6.07) is 0. The van der Waals surface area contributed by atoms with E-state index in [4.69, 9.17) is 20.4 Å². The molecule has 0 heterocycles. The molecule has 0 aromatic rings. The molecule has 0 aliphatic heterocycles. The average Bonchev–Trinajstić information content (AvgIpc) is 1.93. The van der Waals surface area contributed by atoms with Crippen LogP contribution in [0.25, 0.3) is 0 Å². The molecule has 0 saturated heterocycles. The Bertz CT molecular complexity index is 129. The van der Waals surface area contributed by atoms with Crippen molar-refractivity contribution in [1.29, 1.82) is 0 Å². The molecule has 0 unspecified atom stereocenters. The molecule has 0 bridgehead atoms. The molecular formula is C6H10O4. The number of hydrogen-bond acceptors (Lipinski definition) is 4. The van der Waals surface area contributed by atoms with Crippen LogP contribution in [0.3, 0.4) is 0 Å². The van der Waals surface area contributed by atoms with Crippen molar-refractivity contribution in [3.8, 4) is 0 Å². The van der Waals surface area contributed by atoms with Crippen molar-refractivity contribution in [2.24, 2.45) is 0 Å². The number of aliphatic hydroxyl groups is 4. The zero-order valence-corrected chi connectivity index (χ0v) is 5.25. The van der Waals surface area contributed by atoms with E-state index in [0.29, 0.717) is 0 Å². The maximum absolute atomic E-state index is 8.91. The third-order valence-corrected chi connectivity index (χ3v) is 1.56. The second kappa shape index (κ2) is 2.67. The van der Waals surface area contributed by atoms with E-state index in [9.17, 15) is 0 Å². The van der Waals surface area contributed by atoms with Gasteiger partial charge in [-0.3, -0.25) is 0 Å². The van der Waals surface area contributed by atoms with E-state index in [1.807, 2.05) is 0 Å². The van der Waals surface area contributed by atoms with E-state index in [2.05, 4.69) is 0 Å². The van der Waals surface area contributed by atoms with E-state index in [-0.39, 0.29) is 0 Å². The zero-order chi connectivity index (χ0) is 7.72. The van der Waals surface area contributed by atoms with Gasteiger partial charge < -0.3 is 20.4 Å². The molecule has 0 amide bonds. The summed E-state index contributed by atoms with van der Waals surface area (Å²) in [5.74, 6) is 0. The van der Waals surface area contributed by atoms with Crippen molar-refractivity contribution in [3.63, 3.8) is 0 Å². The molecule has 4 nitrogen and oxygen atoms in total. The van der Waals surface area contributed by atoms with Crippen LogP contribution >= 0.6 is 0 Å². The van der Waals surface area contributed by atoms with Crippen LogP contribution in [0.1, 0.15) is 0 Å². The van der Waals surface area contributed by atoms with Crippen molar-refractivity contribution < 1.29 is 20.4 Å². The summed E-state index contributed by atoms with van der Waals surface area (Å²) in [6.07, 6.45) is -2.19. The molecule has 0 fully saturated rings. The Hall–Kier alpha value is -0.420. The highest BCUT2D eigenvalue weighted by Crippen LogP contribution is 2.12. The summed E-state index contributed by atoms with van der Waals surface area (Å²) < 4.78 is 0. The van der Waals surface area contributed by atoms with Gasteiger partial charge in [-0.1, -0.05) is 12.2 Å². The lowest BCUT2D eigenvalue weighted by Gasteiger charge is -2.27. The maximum Gasteiger partial charge on any atom is 0.112 e. The highest BCUT2D eigenvalue weighted by molar-refractivity contribution is 5.07. The third-order valence-electron chi connectivity index (χ3n) is 1.56. The fraction of sp³-hybridized carbons (Fsp3) is 0.667. The molecule has 1 aliphatic carbocycles. The highest BCUT2D eigenvalue weighted by atomic mass is 16.4. The molecule has 1 aliphatic rings. The fourth-order valence-corrected chi connectivity index (χ4v) is 0.859. The van der Waals surface area contributed by atoms with E-state index in [1.54, 1.807) is 0 Å². The first-order valence-corrected chi connectivity index (χ1v) is 3.03. The lowest BCUT2D eigenvalue weighted by atomic mass is 9.97. The second-order valence-electron chi connectivity index (χ2n) is 2.35. The van der Waals surface area contributed by atoms with Crippen LogP contribution in [0.15, 0.2) is 12.2 Å². The summed E-state index contributed by atoms with van der Waals surface area (Å²) in [7, 11) is 0. The first-order chi connectivity index (χ1) is 4.63. The Labute approximate surface area is 58.0 Å². The second-order valence-corrected chi connectivity index (χ2v) is 2.35. The molecule has 0 radical (unpaired) electrons. The van der Waals surface area contributed by atoms with Crippen molar-refractivity contribution in [1.82, 2.24) is 0 Å². The predicted octanol–water partition coefficient (Wildman–Crippen LogP) is -2.00. The predicted molar refractivity (Wildman–Crippen MR) is 33.2 cm³/mol. The van der Waals surface area contributed by atoms with Crippen LogP contribution in [-0.4, -0.2) is 44.8 Å². The molecule has 1 rings (SSSR count). The first kappa shape index (κ1) is 7.68. The van der Waals surface area contributed by atoms with E-state index < -0.39 is 24.4 Å². The molecule has 58 valence electrons. The monoisotopic (exact) mass is 146 g/mol. The summed E-state index contributed by atoms with van der Waals surface area (Å²) in [5.41, 5.74) is 0. The number of aliphatic hydroxyl groups excluding tert-OH is 4. The van der Waals surface area contributed by atoms with Crippen LogP contribution in [-0.2, 0) is 0 Å². The van der Waals surface area contributed by atoms with Gasteiger partial charge in [0.15, 0.2) is 0 Å². The molecule has 0 spiro atoms. The zero-order valence-electron chi connectivity index (χ0n) is 5.25. The Morgan fingerprint density at radius 2 is 1.00 bits per heavy atom. The van der Waals surface area contributed by atoms with Crippen LogP contribution < -0.4 is 0 Å². The topological polar surface area (TPSA) is 80.9 Å². The van der Waals surface area contributed by atoms with Gasteiger partial charge in [0.05, 0.1) is 0 Å². The fourth-order valence-electron chi connectivity index (χ4n) is 0.859. The van der Waals surface area contributed by atoms with Gasteiger partial charge in [0.2, 0.25) is 0 Å². The molecule has 0 aromatic carbocycles. The van der Waals surface area contributed by atoms with Crippen LogP contribution in [0, 0.1) is 0 Å². The van der Waals surface area contributed by atoms with Gasteiger partial charge in [0, 0.05) is 0 Å². The molecule has 10 heavy (non-hydrogen) atoms. The Balaban J connectivity index is 2.69. The minimum atomic E-state index is -1.28. The summed E-state index contributed by atoms with van der Waals surface area (Å²) in [5, 5.41) is 35.5. The quantitative estimate of drug-likeness (QED) is 0.298. The molecule has 0 saturated carbocycles. The van der Waals surface area contributed by atoms with Crippen LogP contribution in [0.5, 0.6) is 0 Å². The van der Waals surface area contributed by atoms with E-state index in [0.717, 1.165) is 0 Å². The summed E-state index contributed by atoms with van der Waals surface area (Å²) >= 11 is 0. The van der Waals surface area contributed by atoms with Crippen molar-refractivity contribution in [3.05, 3.63) is 12.2 Å². The first-order valence-electron chi connectivity index (χ1n) is 3.03. The van der Waals surface area contributed by atoms with Gasteiger partial charge >= 0.3 is 0 Å². The van der Waals surface area contributed by atoms with Gasteiger partial charge in [0.1, 0.15) is 24.4 Å². The molecule has 4 atom stereocenters. The number of hydrogen-bond donors (Lipinski definition) is 4. The van der Waals surface area contributed by atoms with Crippen molar-refractivity contribution >= 4 is 0 Å². The molecule has 4 N–H and O–H groups in total. The Kier molecular flexibility index (Phi) is 2.05. The van der Waals surface area contributed by atoms with Crippen LogP contribution in [0.2, 0.25) is 0 Å². The van der Waals surface area contributed by atoms with Crippen molar-refractivity contribution in [2.45, 2.75) is 24.4 Å². The Morgan fingerprint density at radius 1 is 0.700 bits per heavy atom. The summed E-state index contributed by atoms with van der Waals surface area (Å²) in [4.78, 5) is 0. The normalized spacial score (nSPS) is 47.6. The summed E-state index contributed by atoms with van der Waals surface area (Å²) in [6.45, 7) is 0. The number of rotatable bonds is 0. The standard InChI is InChI=1S/C6H10O4/c7-3-1-2-4(8)6(10)5(3)9/h1-10H/t3-,4+,5-,6-/m1/s1. The van der Waals surface area contributed by atoms with E-state index in [1.165, 1.54) is 12.2 Å². The van der Waals surface area contributed by atoms with Gasteiger partial charge in [0.25, 0.3) is 0 Å². The van der Waals surface area contributed by atoms with Gasteiger partial charge in [-0.25, -0.2) is 0 Å². The molecule has 4 heteroatoms. The lowest BCUT2D eigenvalue weighted by Crippen LogP contribution is -2.46. The molecular weight excluding hydrogens is 136 g/mol. The SMILES string of the molecule is O[C@H]1[C@H](O)[C@@H](O)C=C[C@H]1O. The minimum absolute atomic E-state index is 1.07. The minimum Gasteiger partial charge on any atom is -0.387 e. The average molecular weight is 146 g/mol.